The van der Waals surface area contributed by atoms with E-state index < -0.39 is 0 Å². The Morgan fingerprint density at radius 2 is 1.85 bits per heavy atom. The molecule has 68 valence electrons. The van der Waals surface area contributed by atoms with Gasteiger partial charge in [-0.3, -0.25) is 0 Å². The van der Waals surface area contributed by atoms with Crippen LogP contribution < -0.4 is 18.9 Å². The van der Waals surface area contributed by atoms with Gasteiger partial charge >= 0.3 is 18.9 Å². The smallest absolute Gasteiger partial charge is 1.00 e. The third-order valence-electron chi connectivity index (χ3n) is 2.47. The van der Waals surface area contributed by atoms with Crippen molar-refractivity contribution in [2.45, 2.75) is 33.1 Å². The van der Waals surface area contributed by atoms with Gasteiger partial charge in [0.1, 0.15) is 0 Å². The quantitative estimate of drug-likeness (QED) is 0.586. The van der Waals surface area contributed by atoms with Crippen LogP contribution in [0, 0.1) is 5.92 Å². The summed E-state index contributed by atoms with van der Waals surface area (Å²) in [6, 6.07) is 10.7. The number of hydrogen-bond donors (Lipinski definition) is 0. The average molecular weight is 170 g/mol. The summed E-state index contributed by atoms with van der Waals surface area (Å²) < 4.78 is 0. The van der Waals surface area contributed by atoms with E-state index in [9.17, 15) is 0 Å². The second-order valence-electron chi connectivity index (χ2n) is 3.54. The topological polar surface area (TPSA) is 0 Å². The summed E-state index contributed by atoms with van der Waals surface area (Å²) in [5.74, 6) is 0.866. The Morgan fingerprint density at radius 1 is 1.23 bits per heavy atom. The van der Waals surface area contributed by atoms with Gasteiger partial charge in [0.05, 0.1) is 0 Å². The van der Waals surface area contributed by atoms with E-state index in [1.54, 1.807) is 0 Å². The molecule has 0 spiro atoms. The van der Waals surface area contributed by atoms with Crippen molar-refractivity contribution >= 4 is 0 Å². The Hall–Kier alpha value is -0.183. The standard InChI is InChI=1S/C12H18.Li.H/c1-3-11(2)9-10-12-7-5-4-6-8-12;;/h4-8,11H,3,9-10H2,1-2H3;;/q;+1;-1. The summed E-state index contributed by atoms with van der Waals surface area (Å²) >= 11 is 0. The fourth-order valence-electron chi connectivity index (χ4n) is 1.26. The zero-order chi connectivity index (χ0) is 8.81. The minimum absolute atomic E-state index is 0. The molecule has 0 aliphatic rings. The van der Waals surface area contributed by atoms with Gasteiger partial charge < -0.3 is 1.43 Å². The van der Waals surface area contributed by atoms with Crippen LogP contribution in [0.25, 0.3) is 0 Å². The van der Waals surface area contributed by atoms with Crippen LogP contribution in [0.3, 0.4) is 0 Å². The summed E-state index contributed by atoms with van der Waals surface area (Å²) in [5, 5.41) is 0. The van der Waals surface area contributed by atoms with Gasteiger partial charge in [-0.2, -0.15) is 0 Å². The Kier molecular flexibility index (Phi) is 7.14. The molecule has 0 N–H and O–H groups in total. The van der Waals surface area contributed by atoms with Crippen molar-refractivity contribution < 1.29 is 20.3 Å². The van der Waals surface area contributed by atoms with Gasteiger partial charge in [-0.15, -0.1) is 0 Å². The second kappa shape index (κ2) is 7.24. The summed E-state index contributed by atoms with van der Waals surface area (Å²) in [4.78, 5) is 0. The largest absolute Gasteiger partial charge is 1.00 e. The SMILES string of the molecule is CCC(C)CCc1ccccc1.[H-].[Li+]. The summed E-state index contributed by atoms with van der Waals surface area (Å²) in [6.45, 7) is 4.58. The molecular weight excluding hydrogens is 151 g/mol. The first kappa shape index (κ1) is 12.8. The van der Waals surface area contributed by atoms with Crippen molar-refractivity contribution in [3.8, 4) is 0 Å². The van der Waals surface area contributed by atoms with Crippen LogP contribution in [0.1, 0.15) is 33.7 Å². The normalized spacial score (nSPS) is 11.8. The Labute approximate surface area is 95.4 Å². The van der Waals surface area contributed by atoms with Gasteiger partial charge in [0.15, 0.2) is 0 Å². The second-order valence-corrected chi connectivity index (χ2v) is 3.54. The van der Waals surface area contributed by atoms with Crippen molar-refractivity contribution in [1.29, 1.82) is 0 Å². The van der Waals surface area contributed by atoms with E-state index in [1.165, 1.54) is 24.8 Å². The van der Waals surface area contributed by atoms with E-state index in [-0.39, 0.29) is 20.3 Å². The van der Waals surface area contributed by atoms with Crippen molar-refractivity contribution in [3.05, 3.63) is 35.9 Å². The molecule has 1 atom stereocenters. The molecule has 0 radical (unpaired) electrons. The molecule has 1 heteroatoms. The van der Waals surface area contributed by atoms with E-state index in [4.69, 9.17) is 0 Å². The molecule has 0 aliphatic heterocycles. The average Bonchev–Trinajstić information content (AvgIpc) is 2.16. The molecule has 0 aromatic heterocycles. The molecule has 0 fully saturated rings. The molecule has 0 nitrogen and oxygen atoms in total. The van der Waals surface area contributed by atoms with E-state index in [0.29, 0.717) is 0 Å². The Balaban J connectivity index is 0. The Morgan fingerprint density at radius 3 is 2.38 bits per heavy atom. The molecule has 1 unspecified atom stereocenters. The summed E-state index contributed by atoms with van der Waals surface area (Å²) in [6.07, 6.45) is 3.85. The maximum Gasteiger partial charge on any atom is 1.00 e. The monoisotopic (exact) mass is 170 g/mol. The molecule has 13 heavy (non-hydrogen) atoms. The minimum Gasteiger partial charge on any atom is -1.00 e. The van der Waals surface area contributed by atoms with Gasteiger partial charge in [-0.1, -0.05) is 50.6 Å². The maximum absolute atomic E-state index is 2.32. The van der Waals surface area contributed by atoms with Crippen LogP contribution in [0.5, 0.6) is 0 Å². The zero-order valence-corrected chi connectivity index (χ0v) is 9.09. The van der Waals surface area contributed by atoms with Crippen LogP contribution in [-0.4, -0.2) is 0 Å². The summed E-state index contributed by atoms with van der Waals surface area (Å²) in [7, 11) is 0. The fraction of sp³-hybridized carbons (Fsp3) is 0.500. The van der Waals surface area contributed by atoms with Crippen LogP contribution >= 0.6 is 0 Å². The molecule has 1 aromatic carbocycles. The number of rotatable bonds is 4. The van der Waals surface area contributed by atoms with E-state index >= 15 is 0 Å². The minimum atomic E-state index is 0. The molecule has 0 bridgehead atoms. The number of hydrogen-bond acceptors (Lipinski definition) is 0. The molecule has 1 aromatic rings. The van der Waals surface area contributed by atoms with Gasteiger partial charge in [-0.25, -0.2) is 0 Å². The Bertz CT molecular complexity index is 211. The van der Waals surface area contributed by atoms with E-state index in [1.807, 2.05) is 0 Å². The molecule has 0 saturated carbocycles. The first-order chi connectivity index (χ1) is 5.83. The number of benzene rings is 1. The van der Waals surface area contributed by atoms with Crippen LogP contribution in [0.15, 0.2) is 30.3 Å². The van der Waals surface area contributed by atoms with Crippen molar-refractivity contribution in [2.75, 3.05) is 0 Å². The zero-order valence-electron chi connectivity index (χ0n) is 10.1. The molecule has 0 saturated heterocycles. The molecule has 1 rings (SSSR count). The van der Waals surface area contributed by atoms with Crippen molar-refractivity contribution in [1.82, 2.24) is 0 Å². The predicted octanol–water partition coefficient (Wildman–Crippen LogP) is 0.782. The van der Waals surface area contributed by atoms with E-state index in [2.05, 4.69) is 44.2 Å². The van der Waals surface area contributed by atoms with Gasteiger partial charge in [0.2, 0.25) is 0 Å². The first-order valence-electron chi connectivity index (χ1n) is 4.87. The van der Waals surface area contributed by atoms with Crippen molar-refractivity contribution in [3.63, 3.8) is 0 Å². The first-order valence-corrected chi connectivity index (χ1v) is 4.87. The van der Waals surface area contributed by atoms with Crippen molar-refractivity contribution in [2.24, 2.45) is 5.92 Å². The van der Waals surface area contributed by atoms with Gasteiger partial charge in [0.25, 0.3) is 0 Å². The molecule has 0 heterocycles. The third kappa shape index (κ3) is 5.19. The summed E-state index contributed by atoms with van der Waals surface area (Å²) in [5.41, 5.74) is 1.47. The molecule has 0 aliphatic carbocycles. The van der Waals surface area contributed by atoms with Crippen LogP contribution in [0.4, 0.5) is 0 Å². The van der Waals surface area contributed by atoms with Gasteiger partial charge in [0, 0.05) is 0 Å². The molecular formula is C12H19Li. The van der Waals surface area contributed by atoms with Gasteiger partial charge in [-0.05, 0) is 24.3 Å². The molecule has 0 amide bonds. The van der Waals surface area contributed by atoms with Crippen LogP contribution in [0.2, 0.25) is 0 Å². The van der Waals surface area contributed by atoms with E-state index in [0.717, 1.165) is 5.92 Å². The predicted molar refractivity (Wildman–Crippen MR) is 55.3 cm³/mol. The fourth-order valence-corrected chi connectivity index (χ4v) is 1.26. The number of aryl methyl sites for hydroxylation is 1. The third-order valence-corrected chi connectivity index (χ3v) is 2.47. The van der Waals surface area contributed by atoms with Crippen LogP contribution in [-0.2, 0) is 6.42 Å². The maximum atomic E-state index is 2.32.